The zero-order valence-electron chi connectivity index (χ0n) is 13.7. The Morgan fingerprint density at radius 2 is 1.81 bits per heavy atom. The first-order valence-corrected chi connectivity index (χ1v) is 9.14. The third-order valence-corrected chi connectivity index (χ3v) is 5.60. The number of ether oxygens (including phenoxy) is 1. The summed E-state index contributed by atoms with van der Waals surface area (Å²) in [5.41, 5.74) is 0. The Hall–Kier alpha value is -0.160. The first-order valence-electron chi connectivity index (χ1n) is 9.14. The van der Waals surface area contributed by atoms with Crippen LogP contribution in [0.2, 0.25) is 0 Å². The van der Waals surface area contributed by atoms with Crippen molar-refractivity contribution in [3.63, 3.8) is 0 Å². The fourth-order valence-corrected chi connectivity index (χ4v) is 4.25. The Kier molecular flexibility index (Phi) is 5.92. The second-order valence-electron chi connectivity index (χ2n) is 7.13. The molecule has 2 saturated heterocycles. The van der Waals surface area contributed by atoms with Crippen molar-refractivity contribution in [1.29, 1.82) is 0 Å². The number of hydrogen-bond acceptors (Lipinski definition) is 4. The molecule has 0 radical (unpaired) electrons. The number of piperazine rings is 1. The molecule has 4 nitrogen and oxygen atoms in total. The predicted octanol–water partition coefficient (Wildman–Crippen LogP) is 1.56. The number of nitrogens with zero attached hydrogens (tertiary/aromatic N) is 2. The van der Waals surface area contributed by atoms with E-state index >= 15 is 0 Å². The van der Waals surface area contributed by atoms with Crippen LogP contribution in [-0.2, 0) is 4.74 Å². The van der Waals surface area contributed by atoms with Crippen molar-refractivity contribution in [1.82, 2.24) is 15.1 Å². The Labute approximate surface area is 130 Å². The van der Waals surface area contributed by atoms with Crippen molar-refractivity contribution >= 4 is 0 Å². The van der Waals surface area contributed by atoms with Gasteiger partial charge in [-0.2, -0.15) is 0 Å². The lowest BCUT2D eigenvalue weighted by molar-refractivity contribution is 0.0827. The summed E-state index contributed by atoms with van der Waals surface area (Å²) < 4.78 is 5.71. The van der Waals surface area contributed by atoms with Gasteiger partial charge in [-0.1, -0.05) is 19.8 Å². The zero-order valence-corrected chi connectivity index (χ0v) is 13.7. The number of hydrogen-bond donors (Lipinski definition) is 1. The van der Waals surface area contributed by atoms with E-state index in [-0.39, 0.29) is 0 Å². The van der Waals surface area contributed by atoms with Crippen LogP contribution in [0.1, 0.15) is 39.0 Å². The summed E-state index contributed by atoms with van der Waals surface area (Å²) >= 11 is 0. The topological polar surface area (TPSA) is 27.7 Å². The zero-order chi connectivity index (χ0) is 14.5. The van der Waals surface area contributed by atoms with Crippen molar-refractivity contribution in [3.8, 4) is 0 Å². The van der Waals surface area contributed by atoms with Crippen LogP contribution in [0, 0.1) is 5.92 Å². The van der Waals surface area contributed by atoms with E-state index in [1.165, 1.54) is 64.8 Å². The summed E-state index contributed by atoms with van der Waals surface area (Å²) in [5, 5.41) is 3.66. The highest BCUT2D eigenvalue weighted by Crippen LogP contribution is 2.25. The molecule has 1 N–H and O–H groups in total. The van der Waals surface area contributed by atoms with Crippen LogP contribution < -0.4 is 5.32 Å². The molecule has 3 rings (SSSR count). The average Bonchev–Trinajstić information content (AvgIpc) is 3.18. The molecule has 4 heteroatoms. The maximum absolute atomic E-state index is 5.71. The van der Waals surface area contributed by atoms with Crippen molar-refractivity contribution in [2.75, 3.05) is 52.5 Å². The van der Waals surface area contributed by atoms with Gasteiger partial charge in [0.1, 0.15) is 0 Å². The van der Waals surface area contributed by atoms with Gasteiger partial charge in [0.15, 0.2) is 0 Å². The molecule has 122 valence electrons. The molecule has 2 unspecified atom stereocenters. The predicted molar refractivity (Wildman–Crippen MR) is 86.7 cm³/mol. The molecular weight excluding hydrogens is 262 g/mol. The monoisotopic (exact) mass is 295 g/mol. The van der Waals surface area contributed by atoms with Crippen LogP contribution in [0.5, 0.6) is 0 Å². The smallest absolute Gasteiger partial charge is 0.0623 e. The molecule has 2 aliphatic heterocycles. The molecule has 2 heterocycles. The highest BCUT2D eigenvalue weighted by atomic mass is 16.5. The molecule has 3 aliphatic rings. The van der Waals surface area contributed by atoms with E-state index in [0.29, 0.717) is 12.0 Å². The maximum Gasteiger partial charge on any atom is 0.0623 e. The lowest BCUT2D eigenvalue weighted by atomic mass is 10.0. The van der Waals surface area contributed by atoms with Crippen LogP contribution in [0.25, 0.3) is 0 Å². The summed E-state index contributed by atoms with van der Waals surface area (Å²) in [6.45, 7) is 11.5. The fourth-order valence-electron chi connectivity index (χ4n) is 4.25. The molecule has 0 aromatic rings. The van der Waals surface area contributed by atoms with E-state index in [1.54, 1.807) is 0 Å². The van der Waals surface area contributed by atoms with Gasteiger partial charge in [0.05, 0.1) is 13.2 Å². The van der Waals surface area contributed by atoms with Gasteiger partial charge in [0, 0.05) is 50.7 Å². The summed E-state index contributed by atoms with van der Waals surface area (Å²) in [5.74, 6) is 0.689. The molecule has 3 fully saturated rings. The lowest BCUT2D eigenvalue weighted by Gasteiger charge is -2.39. The molecule has 0 bridgehead atoms. The standard InChI is InChI=1S/C17H33N3O/c1-2-7-18-17-14-21-13-15(17)12-19-8-10-20(11-9-19)16-5-3-4-6-16/h15-18H,2-14H2,1H3. The summed E-state index contributed by atoms with van der Waals surface area (Å²) in [7, 11) is 0. The van der Waals surface area contributed by atoms with Gasteiger partial charge in [-0.25, -0.2) is 0 Å². The van der Waals surface area contributed by atoms with Gasteiger partial charge >= 0.3 is 0 Å². The van der Waals surface area contributed by atoms with E-state index in [1.807, 2.05) is 0 Å². The summed E-state index contributed by atoms with van der Waals surface area (Å²) in [6.07, 6.45) is 7.01. The van der Waals surface area contributed by atoms with E-state index in [9.17, 15) is 0 Å². The lowest BCUT2D eigenvalue weighted by Crippen LogP contribution is -2.52. The Bertz CT molecular complexity index is 298. The van der Waals surface area contributed by atoms with E-state index in [0.717, 1.165) is 25.8 Å². The minimum Gasteiger partial charge on any atom is -0.379 e. The fraction of sp³-hybridized carbons (Fsp3) is 1.00. The van der Waals surface area contributed by atoms with Crippen molar-refractivity contribution in [3.05, 3.63) is 0 Å². The Morgan fingerprint density at radius 1 is 1.05 bits per heavy atom. The molecule has 21 heavy (non-hydrogen) atoms. The van der Waals surface area contributed by atoms with Gasteiger partial charge in [0.2, 0.25) is 0 Å². The minimum atomic E-state index is 0.581. The van der Waals surface area contributed by atoms with Gasteiger partial charge in [-0.15, -0.1) is 0 Å². The average molecular weight is 295 g/mol. The molecule has 0 amide bonds. The maximum atomic E-state index is 5.71. The first kappa shape index (κ1) is 15.7. The van der Waals surface area contributed by atoms with Gasteiger partial charge in [0.25, 0.3) is 0 Å². The van der Waals surface area contributed by atoms with Crippen molar-refractivity contribution < 1.29 is 4.74 Å². The quantitative estimate of drug-likeness (QED) is 0.805. The summed E-state index contributed by atoms with van der Waals surface area (Å²) in [6, 6.07) is 1.48. The van der Waals surface area contributed by atoms with Crippen LogP contribution >= 0.6 is 0 Å². The van der Waals surface area contributed by atoms with E-state index < -0.39 is 0 Å². The highest BCUT2D eigenvalue weighted by molar-refractivity contribution is 4.87. The molecule has 0 spiro atoms. The largest absolute Gasteiger partial charge is 0.379 e. The van der Waals surface area contributed by atoms with Crippen LogP contribution in [0.3, 0.4) is 0 Å². The van der Waals surface area contributed by atoms with Crippen LogP contribution in [0.4, 0.5) is 0 Å². The molecule has 2 atom stereocenters. The SMILES string of the molecule is CCCNC1COCC1CN1CCN(C2CCCC2)CC1. The van der Waals surface area contributed by atoms with E-state index in [4.69, 9.17) is 4.74 Å². The second-order valence-corrected chi connectivity index (χ2v) is 7.13. The van der Waals surface area contributed by atoms with Gasteiger partial charge in [-0.3, -0.25) is 4.90 Å². The number of rotatable bonds is 6. The number of nitrogens with one attached hydrogen (secondary N) is 1. The molecule has 0 aromatic carbocycles. The normalized spacial score (nSPS) is 33.0. The van der Waals surface area contributed by atoms with Gasteiger partial charge < -0.3 is 15.0 Å². The third kappa shape index (κ3) is 4.19. The minimum absolute atomic E-state index is 0.581. The van der Waals surface area contributed by atoms with E-state index in [2.05, 4.69) is 22.0 Å². The summed E-state index contributed by atoms with van der Waals surface area (Å²) in [4.78, 5) is 5.42. The van der Waals surface area contributed by atoms with Crippen LogP contribution in [0.15, 0.2) is 0 Å². The Balaban J connectivity index is 1.40. The molecule has 1 aliphatic carbocycles. The van der Waals surface area contributed by atoms with Crippen molar-refractivity contribution in [2.45, 2.75) is 51.1 Å². The second kappa shape index (κ2) is 7.91. The first-order chi connectivity index (χ1) is 10.4. The Morgan fingerprint density at radius 3 is 2.52 bits per heavy atom. The highest BCUT2D eigenvalue weighted by Gasteiger charge is 2.31. The molecule has 1 saturated carbocycles. The van der Waals surface area contributed by atoms with Gasteiger partial charge in [-0.05, 0) is 25.8 Å². The van der Waals surface area contributed by atoms with Crippen LogP contribution in [-0.4, -0.2) is 74.4 Å². The molecule has 0 aromatic heterocycles. The third-order valence-electron chi connectivity index (χ3n) is 5.60. The van der Waals surface area contributed by atoms with Crippen molar-refractivity contribution in [2.24, 2.45) is 5.92 Å². The molecular formula is C17H33N3O.